The molecule has 504 valence electrons. The van der Waals surface area contributed by atoms with Crippen LogP contribution < -0.4 is 0 Å². The lowest BCUT2D eigenvalue weighted by Crippen LogP contribution is -2.17. The van der Waals surface area contributed by atoms with Crippen molar-refractivity contribution in [2.24, 2.45) is 0 Å². The second-order valence-corrected chi connectivity index (χ2v) is 28.8. The Morgan fingerprint density at radius 2 is 0.349 bits per heavy atom. The molecule has 0 heterocycles. The van der Waals surface area contributed by atoms with Gasteiger partial charge in [0.15, 0.2) is 0 Å². The second-order valence-electron chi connectivity index (χ2n) is 27.5. The maximum Gasteiger partial charge on any atom is 0.295 e. The maximum atomic E-state index is 15.1. The van der Waals surface area contributed by atoms with Crippen molar-refractivity contribution in [1.82, 2.24) is 0 Å². The predicted octanol–water partition coefficient (Wildman–Crippen LogP) is 27.7. The van der Waals surface area contributed by atoms with Crippen LogP contribution in [0.15, 0.2) is 4.90 Å². The molecule has 0 aliphatic heterocycles. The zero-order valence-electron chi connectivity index (χ0n) is 59.3. The molecule has 1 N–H and O–H groups in total. The first-order valence-corrected chi connectivity index (χ1v) is 40.6. The fraction of sp³-hybridized carbons (Fsp3) is 0.864. The highest BCUT2D eigenvalue weighted by Gasteiger charge is 2.32. The van der Waals surface area contributed by atoms with Gasteiger partial charge in [-0.05, 0) is 134 Å². The SMILES string of the molecule is C=O.CCCCCCCCCCc1c(CCCCCCCCCC)c(CCCCCCCCCC)c2c(S(=O)(=O)O)c(CCCCCCCCCC)c(CCCCCCCCCC)c(CCCCCCCCCC)c2c1CCCCCCCCCC. The van der Waals surface area contributed by atoms with E-state index in [4.69, 9.17) is 4.79 Å². The molecule has 0 radical (unpaired) electrons. The molecule has 4 nitrogen and oxygen atoms in total. The Kier molecular flexibility index (Phi) is 57.0. The number of carbonyl (C=O) groups excluding carboxylic acids is 1. The van der Waals surface area contributed by atoms with E-state index in [1.807, 2.05) is 6.79 Å². The van der Waals surface area contributed by atoms with Gasteiger partial charge in [0.1, 0.15) is 11.7 Å². The molecule has 0 aromatic heterocycles. The average molecular weight is 1220 g/mol. The van der Waals surface area contributed by atoms with E-state index in [2.05, 4.69) is 48.5 Å². The van der Waals surface area contributed by atoms with E-state index in [0.717, 1.165) is 81.6 Å². The molecule has 5 heteroatoms. The number of rotatable bonds is 64. The number of hydrogen-bond donors (Lipinski definition) is 1. The molecule has 2 aromatic rings. The van der Waals surface area contributed by atoms with Gasteiger partial charge < -0.3 is 4.79 Å². The summed E-state index contributed by atoms with van der Waals surface area (Å²) in [6.45, 7) is 18.3. The lowest BCUT2D eigenvalue weighted by atomic mass is 9.76. The summed E-state index contributed by atoms with van der Waals surface area (Å²) < 4.78 is 42.7. The minimum absolute atomic E-state index is 0.386. The number of aryl methyl sites for hydroxylation is 3. The van der Waals surface area contributed by atoms with Gasteiger partial charge in [0, 0.05) is 5.39 Å². The molecule has 0 aliphatic rings. The average Bonchev–Trinajstić information content (AvgIpc) is 0.741. The molecule has 2 aromatic carbocycles. The van der Waals surface area contributed by atoms with Crippen molar-refractivity contribution in [3.8, 4) is 0 Å². The predicted molar refractivity (Wildman–Crippen MR) is 385 cm³/mol. The van der Waals surface area contributed by atoms with Crippen molar-refractivity contribution in [1.29, 1.82) is 0 Å². The molecular formula is C81H150O4S. The summed E-state index contributed by atoms with van der Waals surface area (Å²) in [6, 6.07) is 0. The second kappa shape index (κ2) is 59.6. The van der Waals surface area contributed by atoms with Gasteiger partial charge in [-0.3, -0.25) is 4.55 Å². The van der Waals surface area contributed by atoms with Gasteiger partial charge in [-0.25, -0.2) is 0 Å². The van der Waals surface area contributed by atoms with Gasteiger partial charge >= 0.3 is 0 Å². The van der Waals surface area contributed by atoms with Crippen LogP contribution in [-0.2, 0) is 59.9 Å². The highest BCUT2D eigenvalue weighted by atomic mass is 32.2. The number of hydrogen-bond acceptors (Lipinski definition) is 3. The van der Waals surface area contributed by atoms with Crippen LogP contribution in [0.2, 0.25) is 0 Å². The zero-order valence-corrected chi connectivity index (χ0v) is 60.2. The molecule has 2 rings (SSSR count). The number of benzene rings is 2. The number of fused-ring (bicyclic) bond motifs is 1. The molecule has 0 saturated carbocycles. The minimum Gasteiger partial charge on any atom is -0.307 e. The summed E-state index contributed by atoms with van der Waals surface area (Å²) in [5.74, 6) is 0. The largest absolute Gasteiger partial charge is 0.307 e. The summed E-state index contributed by atoms with van der Waals surface area (Å²) in [5, 5.41) is 2.39. The lowest BCUT2D eigenvalue weighted by Gasteiger charge is -2.30. The van der Waals surface area contributed by atoms with Gasteiger partial charge in [0.25, 0.3) is 10.1 Å². The number of unbranched alkanes of at least 4 members (excludes halogenated alkanes) is 49. The van der Waals surface area contributed by atoms with Crippen molar-refractivity contribution >= 4 is 27.7 Å². The third-order valence-corrected chi connectivity index (χ3v) is 20.7. The fourth-order valence-corrected chi connectivity index (χ4v) is 15.5. The topological polar surface area (TPSA) is 71.4 Å². The first kappa shape index (κ1) is 82.3. The molecular weight excluding hydrogens is 1070 g/mol. The van der Waals surface area contributed by atoms with Crippen LogP contribution in [0.4, 0.5) is 0 Å². The van der Waals surface area contributed by atoms with E-state index in [1.165, 1.54) is 350 Å². The minimum atomic E-state index is -4.58. The van der Waals surface area contributed by atoms with Crippen molar-refractivity contribution < 1.29 is 17.8 Å². The molecule has 0 saturated heterocycles. The Morgan fingerprint density at radius 3 is 0.535 bits per heavy atom. The summed E-state index contributed by atoms with van der Waals surface area (Å²) in [4.78, 5) is 8.39. The van der Waals surface area contributed by atoms with Crippen LogP contribution in [0.3, 0.4) is 0 Å². The van der Waals surface area contributed by atoms with Gasteiger partial charge in [0.2, 0.25) is 0 Å². The van der Waals surface area contributed by atoms with E-state index in [1.54, 1.807) is 22.3 Å². The van der Waals surface area contributed by atoms with E-state index in [0.29, 0.717) is 4.90 Å². The summed E-state index contributed by atoms with van der Waals surface area (Å²) in [7, 11) is -4.58. The molecule has 0 atom stereocenters. The molecule has 0 bridgehead atoms. The molecule has 0 aliphatic carbocycles. The van der Waals surface area contributed by atoms with Crippen molar-refractivity contribution in [2.75, 3.05) is 0 Å². The maximum absolute atomic E-state index is 15.1. The summed E-state index contributed by atoms with van der Waals surface area (Å²) >= 11 is 0. The Hall–Kier alpha value is -1.72. The van der Waals surface area contributed by atoms with Crippen LogP contribution in [0.25, 0.3) is 10.8 Å². The van der Waals surface area contributed by atoms with E-state index in [9.17, 15) is 4.55 Å². The Labute approximate surface area is 539 Å². The smallest absolute Gasteiger partial charge is 0.295 e. The molecule has 0 unspecified atom stereocenters. The third-order valence-electron chi connectivity index (χ3n) is 19.7. The quantitative estimate of drug-likeness (QED) is 0.0529. The highest BCUT2D eigenvalue weighted by molar-refractivity contribution is 7.86. The van der Waals surface area contributed by atoms with Crippen LogP contribution in [0.5, 0.6) is 0 Å². The molecule has 0 fully saturated rings. The zero-order chi connectivity index (χ0) is 62.8. The van der Waals surface area contributed by atoms with Crippen LogP contribution in [0, 0.1) is 0 Å². The lowest BCUT2D eigenvalue weighted by molar-refractivity contribution is -0.0980. The first-order chi connectivity index (χ1) is 42.3. The van der Waals surface area contributed by atoms with Crippen molar-refractivity contribution in [3.63, 3.8) is 0 Å². The Bertz CT molecular complexity index is 1910. The van der Waals surface area contributed by atoms with Gasteiger partial charge in [-0.15, -0.1) is 0 Å². The Balaban J connectivity index is 0.0000183. The summed E-state index contributed by atoms with van der Waals surface area (Å²) in [6.07, 6.45) is 78.9. The highest BCUT2D eigenvalue weighted by Crippen LogP contribution is 2.45. The van der Waals surface area contributed by atoms with Gasteiger partial charge in [-0.1, -0.05) is 363 Å². The van der Waals surface area contributed by atoms with E-state index in [-0.39, 0.29) is 0 Å². The van der Waals surface area contributed by atoms with Crippen molar-refractivity contribution in [2.45, 2.75) is 458 Å². The standard InChI is InChI=1S/C80H148O3S.CH2O/c1-8-15-22-29-36-43-50-57-64-71-72(65-58-51-44-37-30-23-16-9-2)76(69-62-55-48-41-34-27-20-13-6)79-78(74(71)67-60-53-46-39-32-25-18-11-4)75(68-61-54-47-40-33-26-19-12-5)73(66-59-52-45-38-31-24-17-10-3)77(80(79)84(81,82)83)70-63-56-49-42-35-28-21-14-7;1-2/h8-70H2,1-7H3,(H,81,82,83);1H2. The normalized spacial score (nSPS) is 11.8. The Morgan fingerprint density at radius 1 is 0.209 bits per heavy atom. The van der Waals surface area contributed by atoms with E-state index < -0.39 is 10.1 Å². The molecule has 0 spiro atoms. The third kappa shape index (κ3) is 38.9. The first-order valence-electron chi connectivity index (χ1n) is 39.2. The fourth-order valence-electron chi connectivity index (χ4n) is 14.5. The van der Waals surface area contributed by atoms with Crippen LogP contribution in [-0.4, -0.2) is 19.8 Å². The monoisotopic (exact) mass is 1220 g/mol. The van der Waals surface area contributed by atoms with Crippen LogP contribution in [0.1, 0.15) is 447 Å². The molecule has 0 amide bonds. The van der Waals surface area contributed by atoms with Gasteiger partial charge in [0.05, 0.1) is 0 Å². The van der Waals surface area contributed by atoms with Crippen molar-refractivity contribution in [3.05, 3.63) is 38.9 Å². The molecule has 86 heavy (non-hydrogen) atoms. The van der Waals surface area contributed by atoms with Crippen LogP contribution >= 0.6 is 0 Å². The number of carbonyl (C=O) groups is 1. The van der Waals surface area contributed by atoms with E-state index >= 15 is 8.42 Å². The summed E-state index contributed by atoms with van der Waals surface area (Å²) in [5.41, 5.74) is 10.1. The van der Waals surface area contributed by atoms with Gasteiger partial charge in [-0.2, -0.15) is 8.42 Å².